The van der Waals surface area contributed by atoms with Crippen molar-refractivity contribution in [2.45, 2.75) is 27.2 Å². The molecule has 3 nitrogen and oxygen atoms in total. The predicted octanol–water partition coefficient (Wildman–Crippen LogP) is 3.19. The second-order valence-electron chi connectivity index (χ2n) is 4.12. The monoisotopic (exact) mass is 234 g/mol. The van der Waals surface area contributed by atoms with Crippen LogP contribution < -0.4 is 4.74 Å². The lowest BCUT2D eigenvalue weighted by molar-refractivity contribution is -0.135. The summed E-state index contributed by atoms with van der Waals surface area (Å²) in [5.74, 6) is 0.0166. The first-order chi connectivity index (χ1) is 7.95. The van der Waals surface area contributed by atoms with Gasteiger partial charge in [-0.1, -0.05) is 6.08 Å². The van der Waals surface area contributed by atoms with E-state index < -0.39 is 5.97 Å². The highest BCUT2D eigenvalue weighted by molar-refractivity contribution is 5.75. The van der Waals surface area contributed by atoms with Gasteiger partial charge in [-0.15, -0.1) is 0 Å². The molecule has 1 N–H and O–H groups in total. The number of hydrogen-bond donors (Lipinski definition) is 1. The van der Waals surface area contributed by atoms with Crippen LogP contribution in [0, 0.1) is 13.8 Å². The summed E-state index contributed by atoms with van der Waals surface area (Å²) < 4.78 is 5.20. The number of carbonyl (C=O) groups is 1. The van der Waals surface area contributed by atoms with Crippen LogP contribution in [0.2, 0.25) is 0 Å². The van der Waals surface area contributed by atoms with E-state index in [1.165, 1.54) is 0 Å². The third-order valence-electron chi connectivity index (χ3n) is 2.72. The molecule has 0 bridgehead atoms. The largest absolute Gasteiger partial charge is 0.497 e. The van der Waals surface area contributed by atoms with E-state index >= 15 is 0 Å². The molecule has 0 spiro atoms. The van der Waals surface area contributed by atoms with Crippen LogP contribution in [0.1, 0.15) is 30.0 Å². The Hall–Kier alpha value is -1.77. The summed E-state index contributed by atoms with van der Waals surface area (Å²) in [7, 11) is 1.64. The van der Waals surface area contributed by atoms with Crippen molar-refractivity contribution >= 4 is 11.5 Å². The Morgan fingerprint density at radius 2 is 1.88 bits per heavy atom. The summed E-state index contributed by atoms with van der Waals surface area (Å²) >= 11 is 0. The van der Waals surface area contributed by atoms with Crippen molar-refractivity contribution in [2.75, 3.05) is 7.11 Å². The number of methoxy groups -OCH3 is 1. The number of benzene rings is 1. The van der Waals surface area contributed by atoms with Gasteiger partial charge in [0.05, 0.1) is 13.5 Å². The zero-order chi connectivity index (χ0) is 13.0. The van der Waals surface area contributed by atoms with Gasteiger partial charge in [-0.25, -0.2) is 0 Å². The quantitative estimate of drug-likeness (QED) is 0.870. The molecule has 0 radical (unpaired) electrons. The van der Waals surface area contributed by atoms with Crippen LogP contribution in [0.3, 0.4) is 0 Å². The third kappa shape index (κ3) is 3.34. The smallest absolute Gasteiger partial charge is 0.307 e. The second kappa shape index (κ2) is 5.53. The van der Waals surface area contributed by atoms with Gasteiger partial charge in [-0.05, 0) is 55.2 Å². The first-order valence-electron chi connectivity index (χ1n) is 5.50. The van der Waals surface area contributed by atoms with Gasteiger partial charge in [0.25, 0.3) is 0 Å². The predicted molar refractivity (Wildman–Crippen MR) is 68.4 cm³/mol. The molecule has 1 aromatic carbocycles. The van der Waals surface area contributed by atoms with Gasteiger partial charge in [0, 0.05) is 0 Å². The summed E-state index contributed by atoms with van der Waals surface area (Å²) in [5, 5.41) is 8.67. The van der Waals surface area contributed by atoms with Crippen LogP contribution in [0.25, 0.3) is 5.57 Å². The highest BCUT2D eigenvalue weighted by Crippen LogP contribution is 2.27. The molecular weight excluding hydrogens is 216 g/mol. The maximum absolute atomic E-state index is 10.5. The van der Waals surface area contributed by atoms with Gasteiger partial charge in [0.2, 0.25) is 0 Å². The van der Waals surface area contributed by atoms with Gasteiger partial charge >= 0.3 is 5.97 Å². The summed E-state index contributed by atoms with van der Waals surface area (Å²) in [6.45, 7) is 5.94. The van der Waals surface area contributed by atoms with E-state index in [9.17, 15) is 4.79 Å². The number of aliphatic carboxylic acids is 1. The fourth-order valence-electron chi connectivity index (χ4n) is 2.01. The summed E-state index contributed by atoms with van der Waals surface area (Å²) in [6.07, 6.45) is 1.79. The molecule has 1 rings (SSSR count). The van der Waals surface area contributed by atoms with Crippen molar-refractivity contribution in [3.8, 4) is 5.75 Å². The Kier molecular flexibility index (Phi) is 4.32. The second-order valence-corrected chi connectivity index (χ2v) is 4.12. The van der Waals surface area contributed by atoms with E-state index in [0.29, 0.717) is 0 Å². The maximum Gasteiger partial charge on any atom is 0.307 e. The lowest BCUT2D eigenvalue weighted by Crippen LogP contribution is -1.96. The molecule has 1 aromatic rings. The first kappa shape index (κ1) is 13.3. The SMILES string of the molecule is COc1cc(C)c(/C(C)=C/CC(=O)O)c(C)c1. The minimum atomic E-state index is -0.812. The maximum atomic E-state index is 10.5. The van der Waals surface area contributed by atoms with Crippen molar-refractivity contribution in [1.29, 1.82) is 0 Å². The topological polar surface area (TPSA) is 46.5 Å². The van der Waals surface area contributed by atoms with E-state index in [2.05, 4.69) is 0 Å². The summed E-state index contributed by atoms with van der Waals surface area (Å²) in [6, 6.07) is 3.92. The highest BCUT2D eigenvalue weighted by atomic mass is 16.5. The van der Waals surface area contributed by atoms with Crippen LogP contribution >= 0.6 is 0 Å². The number of rotatable bonds is 4. The average molecular weight is 234 g/mol. The van der Waals surface area contributed by atoms with Crippen molar-refractivity contribution < 1.29 is 14.6 Å². The van der Waals surface area contributed by atoms with Crippen LogP contribution in [-0.4, -0.2) is 18.2 Å². The molecule has 17 heavy (non-hydrogen) atoms. The zero-order valence-electron chi connectivity index (χ0n) is 10.7. The Balaban J connectivity index is 3.14. The van der Waals surface area contributed by atoms with Gasteiger partial charge < -0.3 is 9.84 Å². The molecule has 0 aliphatic rings. The zero-order valence-corrected chi connectivity index (χ0v) is 10.7. The molecule has 0 unspecified atom stereocenters. The van der Waals surface area contributed by atoms with E-state index in [0.717, 1.165) is 28.0 Å². The molecule has 92 valence electrons. The molecule has 0 aliphatic carbocycles. The van der Waals surface area contributed by atoms with Gasteiger partial charge in [-0.3, -0.25) is 4.79 Å². The highest BCUT2D eigenvalue weighted by Gasteiger charge is 2.07. The molecule has 0 atom stereocenters. The van der Waals surface area contributed by atoms with Crippen molar-refractivity contribution in [3.63, 3.8) is 0 Å². The number of carboxylic acids is 1. The van der Waals surface area contributed by atoms with E-state index in [1.807, 2.05) is 32.9 Å². The fraction of sp³-hybridized carbons (Fsp3) is 0.357. The molecule has 0 aliphatic heterocycles. The van der Waals surface area contributed by atoms with Crippen LogP contribution in [-0.2, 0) is 4.79 Å². The number of allylic oxidation sites excluding steroid dienone is 1. The summed E-state index contributed by atoms with van der Waals surface area (Å²) in [5.41, 5.74) is 4.29. The lowest BCUT2D eigenvalue weighted by Gasteiger charge is -2.12. The number of ether oxygens (including phenoxy) is 1. The molecule has 0 aromatic heterocycles. The van der Waals surface area contributed by atoms with Crippen molar-refractivity contribution in [2.24, 2.45) is 0 Å². The molecule has 0 fully saturated rings. The normalized spacial score (nSPS) is 11.4. The van der Waals surface area contributed by atoms with Crippen molar-refractivity contribution in [3.05, 3.63) is 34.9 Å². The fourth-order valence-corrected chi connectivity index (χ4v) is 2.01. The Bertz CT molecular complexity index is 436. The number of hydrogen-bond acceptors (Lipinski definition) is 2. The van der Waals surface area contributed by atoms with Gasteiger partial charge in [0.1, 0.15) is 5.75 Å². The molecular formula is C14H18O3. The molecule has 0 heterocycles. The van der Waals surface area contributed by atoms with E-state index in [1.54, 1.807) is 13.2 Å². The number of carboxylic acid groups (broad SMARTS) is 1. The van der Waals surface area contributed by atoms with Crippen molar-refractivity contribution in [1.82, 2.24) is 0 Å². The van der Waals surface area contributed by atoms with E-state index in [4.69, 9.17) is 9.84 Å². The minimum Gasteiger partial charge on any atom is -0.497 e. The Labute approximate surface area is 102 Å². The minimum absolute atomic E-state index is 0.0523. The first-order valence-corrected chi connectivity index (χ1v) is 5.50. The summed E-state index contributed by atoms with van der Waals surface area (Å²) in [4.78, 5) is 10.5. The molecule has 0 saturated carbocycles. The molecule has 0 amide bonds. The Morgan fingerprint density at radius 1 is 1.35 bits per heavy atom. The van der Waals surface area contributed by atoms with Crippen LogP contribution in [0.5, 0.6) is 5.75 Å². The van der Waals surface area contributed by atoms with E-state index in [-0.39, 0.29) is 6.42 Å². The molecule has 0 saturated heterocycles. The Morgan fingerprint density at radius 3 is 2.29 bits per heavy atom. The average Bonchev–Trinajstić information content (AvgIpc) is 2.25. The lowest BCUT2D eigenvalue weighted by atomic mass is 9.95. The van der Waals surface area contributed by atoms with Crippen LogP contribution in [0.15, 0.2) is 18.2 Å². The molecule has 3 heteroatoms. The van der Waals surface area contributed by atoms with Gasteiger partial charge in [-0.2, -0.15) is 0 Å². The standard InChI is InChI=1S/C14H18O3/c1-9(5-6-13(15)16)14-10(2)7-12(17-4)8-11(14)3/h5,7-8H,6H2,1-4H3,(H,15,16)/b9-5+. The number of aryl methyl sites for hydroxylation is 2. The van der Waals surface area contributed by atoms with Gasteiger partial charge in [0.15, 0.2) is 0 Å². The third-order valence-corrected chi connectivity index (χ3v) is 2.72. The van der Waals surface area contributed by atoms with Crippen LogP contribution in [0.4, 0.5) is 0 Å².